The fourth-order valence-electron chi connectivity index (χ4n) is 1.10. The van der Waals surface area contributed by atoms with Crippen LogP contribution in [0.1, 0.15) is 27.1 Å². The number of amides is 1. The predicted molar refractivity (Wildman–Crippen MR) is 56.4 cm³/mol. The summed E-state index contributed by atoms with van der Waals surface area (Å²) >= 11 is 0. The van der Waals surface area contributed by atoms with Crippen molar-refractivity contribution >= 4 is 18.2 Å². The largest absolute Gasteiger partial charge is 0.481 e. The number of carboxylic acids is 1. The van der Waals surface area contributed by atoms with E-state index in [0.717, 1.165) is 0 Å². The predicted octanol–water partition coefficient (Wildman–Crippen LogP) is 0.704. The maximum Gasteiger partial charge on any atom is 0.305 e. The van der Waals surface area contributed by atoms with E-state index in [2.05, 4.69) is 5.32 Å². The lowest BCUT2D eigenvalue weighted by Gasteiger charge is -2.03. The molecule has 0 atom stereocenters. The van der Waals surface area contributed by atoms with Crippen LogP contribution in [0.4, 0.5) is 0 Å². The molecule has 0 aliphatic heterocycles. The molecule has 5 nitrogen and oxygen atoms in total. The van der Waals surface area contributed by atoms with Gasteiger partial charge in [-0.25, -0.2) is 0 Å². The van der Waals surface area contributed by atoms with Crippen LogP contribution in [0.5, 0.6) is 0 Å². The Hall–Kier alpha value is -2.17. The third-order valence-corrected chi connectivity index (χ3v) is 1.93. The summed E-state index contributed by atoms with van der Waals surface area (Å²) < 4.78 is 0. The van der Waals surface area contributed by atoms with Crippen molar-refractivity contribution in [2.75, 3.05) is 6.54 Å². The first kappa shape index (κ1) is 11.9. The van der Waals surface area contributed by atoms with E-state index in [1.54, 1.807) is 0 Å². The molecular weight excluding hydrogens is 210 g/mol. The number of carbonyl (C=O) groups excluding carboxylic acids is 2. The van der Waals surface area contributed by atoms with Gasteiger partial charge in [-0.3, -0.25) is 14.4 Å². The first-order valence-corrected chi connectivity index (χ1v) is 4.68. The molecule has 0 spiro atoms. The van der Waals surface area contributed by atoms with Crippen molar-refractivity contribution in [3.05, 3.63) is 35.4 Å². The molecule has 5 heteroatoms. The Labute approximate surface area is 92.1 Å². The van der Waals surface area contributed by atoms with Gasteiger partial charge in [0.05, 0.1) is 6.42 Å². The van der Waals surface area contributed by atoms with Crippen LogP contribution in [0.2, 0.25) is 0 Å². The fourth-order valence-corrected chi connectivity index (χ4v) is 1.10. The topological polar surface area (TPSA) is 83.5 Å². The molecule has 0 fully saturated rings. The highest BCUT2D eigenvalue weighted by Gasteiger charge is 2.05. The van der Waals surface area contributed by atoms with Crippen molar-refractivity contribution in [3.63, 3.8) is 0 Å². The number of benzene rings is 1. The zero-order valence-corrected chi connectivity index (χ0v) is 8.47. The van der Waals surface area contributed by atoms with Crippen molar-refractivity contribution in [2.24, 2.45) is 0 Å². The molecule has 0 radical (unpaired) electrons. The Kier molecular flexibility index (Phi) is 4.20. The van der Waals surface area contributed by atoms with E-state index in [1.165, 1.54) is 24.3 Å². The van der Waals surface area contributed by atoms with Crippen LogP contribution in [0.3, 0.4) is 0 Å². The first-order valence-electron chi connectivity index (χ1n) is 4.68. The third kappa shape index (κ3) is 3.53. The molecule has 1 aromatic rings. The molecule has 16 heavy (non-hydrogen) atoms. The summed E-state index contributed by atoms with van der Waals surface area (Å²) in [7, 11) is 0. The Bertz CT molecular complexity index is 397. The number of carboxylic acid groups (broad SMARTS) is 1. The zero-order valence-electron chi connectivity index (χ0n) is 8.47. The average Bonchev–Trinajstić information content (AvgIpc) is 2.28. The molecule has 0 aliphatic rings. The van der Waals surface area contributed by atoms with Gasteiger partial charge in [-0.05, 0) is 12.1 Å². The van der Waals surface area contributed by atoms with Crippen LogP contribution in [0.25, 0.3) is 0 Å². The van der Waals surface area contributed by atoms with Gasteiger partial charge in [0.25, 0.3) is 5.91 Å². The Morgan fingerprint density at radius 1 is 1.25 bits per heavy atom. The number of aliphatic carboxylic acids is 1. The van der Waals surface area contributed by atoms with Crippen LogP contribution in [-0.4, -0.2) is 29.8 Å². The van der Waals surface area contributed by atoms with E-state index in [1.807, 2.05) is 0 Å². The minimum atomic E-state index is -0.961. The first-order chi connectivity index (χ1) is 7.63. The van der Waals surface area contributed by atoms with E-state index < -0.39 is 5.97 Å². The van der Waals surface area contributed by atoms with E-state index in [-0.39, 0.29) is 18.9 Å². The average molecular weight is 221 g/mol. The van der Waals surface area contributed by atoms with Gasteiger partial charge < -0.3 is 10.4 Å². The lowest BCUT2D eigenvalue weighted by atomic mass is 10.1. The van der Waals surface area contributed by atoms with E-state index >= 15 is 0 Å². The maximum absolute atomic E-state index is 11.4. The summed E-state index contributed by atoms with van der Waals surface area (Å²) in [6.07, 6.45) is 0.574. The Morgan fingerprint density at radius 3 is 2.38 bits per heavy atom. The summed E-state index contributed by atoms with van der Waals surface area (Å²) in [6, 6.07) is 6.08. The highest BCUT2D eigenvalue weighted by Crippen LogP contribution is 2.02. The van der Waals surface area contributed by atoms with Gasteiger partial charge in [0.2, 0.25) is 0 Å². The number of aldehydes is 1. The molecule has 0 aromatic heterocycles. The van der Waals surface area contributed by atoms with Gasteiger partial charge in [-0.1, -0.05) is 12.1 Å². The molecule has 0 saturated heterocycles. The fraction of sp³-hybridized carbons (Fsp3) is 0.182. The minimum Gasteiger partial charge on any atom is -0.481 e. The van der Waals surface area contributed by atoms with Gasteiger partial charge in [0, 0.05) is 17.7 Å². The molecule has 0 unspecified atom stereocenters. The third-order valence-electron chi connectivity index (χ3n) is 1.93. The summed E-state index contributed by atoms with van der Waals surface area (Å²) in [4.78, 5) is 32.0. The monoisotopic (exact) mass is 221 g/mol. The van der Waals surface area contributed by atoms with Crippen LogP contribution in [0, 0.1) is 0 Å². The van der Waals surface area contributed by atoms with Gasteiger partial charge in [-0.2, -0.15) is 0 Å². The minimum absolute atomic E-state index is 0.0869. The molecule has 0 bridgehead atoms. The molecule has 0 aliphatic carbocycles. The summed E-state index contributed by atoms with van der Waals surface area (Å²) in [5, 5.41) is 10.8. The second-order valence-corrected chi connectivity index (χ2v) is 3.14. The van der Waals surface area contributed by atoms with Gasteiger partial charge in [-0.15, -0.1) is 0 Å². The Morgan fingerprint density at radius 2 is 1.88 bits per heavy atom. The molecule has 1 aromatic carbocycles. The van der Waals surface area contributed by atoms with Crippen molar-refractivity contribution < 1.29 is 19.5 Å². The second-order valence-electron chi connectivity index (χ2n) is 3.14. The summed E-state index contributed by atoms with van der Waals surface area (Å²) in [5.41, 5.74) is 0.887. The van der Waals surface area contributed by atoms with Crippen LogP contribution in [-0.2, 0) is 4.79 Å². The summed E-state index contributed by atoms with van der Waals surface area (Å²) in [5.74, 6) is -1.31. The smallest absolute Gasteiger partial charge is 0.305 e. The van der Waals surface area contributed by atoms with Gasteiger partial charge >= 0.3 is 5.97 Å². The SMILES string of the molecule is O=Cc1ccc(C(=O)NCCC(=O)O)cc1. The normalized spacial score (nSPS) is 9.50. The van der Waals surface area contributed by atoms with Crippen LogP contribution >= 0.6 is 0 Å². The number of hydrogen-bond acceptors (Lipinski definition) is 3. The number of carbonyl (C=O) groups is 3. The highest BCUT2D eigenvalue weighted by atomic mass is 16.4. The van der Waals surface area contributed by atoms with Crippen molar-refractivity contribution in [1.82, 2.24) is 5.32 Å². The van der Waals surface area contributed by atoms with Crippen molar-refractivity contribution in [2.45, 2.75) is 6.42 Å². The molecule has 0 saturated carbocycles. The lowest BCUT2D eigenvalue weighted by molar-refractivity contribution is -0.136. The standard InChI is InChI=1S/C11H11NO4/c13-7-8-1-3-9(4-2-8)11(16)12-6-5-10(14)15/h1-4,7H,5-6H2,(H,12,16)(H,14,15). The number of hydrogen-bond donors (Lipinski definition) is 2. The van der Waals surface area contributed by atoms with Crippen molar-refractivity contribution in [1.29, 1.82) is 0 Å². The molecule has 2 N–H and O–H groups in total. The molecule has 84 valence electrons. The van der Waals surface area contributed by atoms with Crippen molar-refractivity contribution in [3.8, 4) is 0 Å². The zero-order chi connectivity index (χ0) is 12.0. The lowest BCUT2D eigenvalue weighted by Crippen LogP contribution is -2.25. The van der Waals surface area contributed by atoms with Gasteiger partial charge in [0.1, 0.15) is 6.29 Å². The second kappa shape index (κ2) is 5.65. The van der Waals surface area contributed by atoms with Gasteiger partial charge in [0.15, 0.2) is 0 Å². The van der Waals surface area contributed by atoms with E-state index in [9.17, 15) is 14.4 Å². The number of nitrogens with one attached hydrogen (secondary N) is 1. The molecule has 1 amide bonds. The highest BCUT2D eigenvalue weighted by molar-refractivity contribution is 5.94. The Balaban J connectivity index is 2.52. The molecule has 1 rings (SSSR count). The van der Waals surface area contributed by atoms with Crippen LogP contribution in [0.15, 0.2) is 24.3 Å². The van der Waals surface area contributed by atoms with E-state index in [0.29, 0.717) is 17.4 Å². The quantitative estimate of drug-likeness (QED) is 0.717. The van der Waals surface area contributed by atoms with Crippen LogP contribution < -0.4 is 5.32 Å². The number of rotatable bonds is 5. The maximum atomic E-state index is 11.4. The van der Waals surface area contributed by atoms with E-state index in [4.69, 9.17) is 5.11 Å². The summed E-state index contributed by atoms with van der Waals surface area (Å²) in [6.45, 7) is 0.0869. The molecule has 0 heterocycles. The molecular formula is C11H11NO4.